The van der Waals surface area contributed by atoms with Crippen LogP contribution >= 0.6 is 11.6 Å². The van der Waals surface area contributed by atoms with E-state index < -0.39 is 0 Å². The Labute approximate surface area is 131 Å². The third-order valence-corrected chi connectivity index (χ3v) is 4.26. The van der Waals surface area contributed by atoms with Crippen molar-refractivity contribution in [3.05, 3.63) is 64.4 Å². The number of piperazine rings is 1. The van der Waals surface area contributed by atoms with Crippen LogP contribution in [0.2, 0.25) is 5.02 Å². The normalized spacial score (nSPS) is 17.6. The molecular weight excluding hydrogens is 282 g/mol. The Morgan fingerprint density at radius 3 is 2.52 bits per heavy atom. The molecule has 2 heterocycles. The van der Waals surface area contributed by atoms with E-state index in [2.05, 4.69) is 40.3 Å². The van der Waals surface area contributed by atoms with E-state index in [0.29, 0.717) is 0 Å². The quantitative estimate of drug-likeness (QED) is 0.944. The number of rotatable bonds is 3. The van der Waals surface area contributed by atoms with E-state index in [-0.39, 0.29) is 6.04 Å². The van der Waals surface area contributed by atoms with Gasteiger partial charge in [-0.2, -0.15) is 0 Å². The molecule has 0 bridgehead atoms. The van der Waals surface area contributed by atoms with Gasteiger partial charge in [0.05, 0.1) is 11.7 Å². The second-order valence-electron chi connectivity index (χ2n) is 5.45. The van der Waals surface area contributed by atoms with Gasteiger partial charge in [-0.25, -0.2) is 0 Å². The second kappa shape index (κ2) is 6.56. The van der Waals surface area contributed by atoms with Gasteiger partial charge < -0.3 is 5.32 Å². The molecule has 0 aliphatic carbocycles. The SMILES string of the molecule is Cc1cccnc1C(c1ccc(Cl)cc1)N1CCNCC1. The van der Waals surface area contributed by atoms with Crippen LogP contribution in [0.25, 0.3) is 0 Å². The molecule has 3 rings (SSSR count). The molecule has 0 spiro atoms. The van der Waals surface area contributed by atoms with Gasteiger partial charge in [0.15, 0.2) is 0 Å². The number of benzene rings is 1. The van der Waals surface area contributed by atoms with Crippen molar-refractivity contribution in [2.75, 3.05) is 26.2 Å². The molecule has 1 aromatic carbocycles. The maximum Gasteiger partial charge on any atom is 0.0780 e. The first-order valence-corrected chi connectivity index (χ1v) is 7.75. The maximum atomic E-state index is 6.04. The van der Waals surface area contributed by atoms with E-state index in [9.17, 15) is 0 Å². The first-order chi connectivity index (χ1) is 10.3. The van der Waals surface area contributed by atoms with Crippen LogP contribution in [0.4, 0.5) is 0 Å². The van der Waals surface area contributed by atoms with Crippen molar-refractivity contribution in [1.29, 1.82) is 0 Å². The van der Waals surface area contributed by atoms with E-state index in [1.165, 1.54) is 11.1 Å². The van der Waals surface area contributed by atoms with Crippen molar-refractivity contribution in [3.8, 4) is 0 Å². The lowest BCUT2D eigenvalue weighted by Crippen LogP contribution is -2.45. The Bertz CT molecular complexity index is 591. The van der Waals surface area contributed by atoms with Crippen LogP contribution in [0.1, 0.15) is 22.9 Å². The third-order valence-electron chi connectivity index (χ3n) is 4.01. The molecule has 4 heteroatoms. The number of aromatic nitrogens is 1. The van der Waals surface area contributed by atoms with Gasteiger partial charge in [0.2, 0.25) is 0 Å². The summed E-state index contributed by atoms with van der Waals surface area (Å²) in [4.78, 5) is 7.15. The summed E-state index contributed by atoms with van der Waals surface area (Å²) in [5.74, 6) is 0. The Morgan fingerprint density at radius 2 is 1.86 bits per heavy atom. The van der Waals surface area contributed by atoms with Gasteiger partial charge in [0.25, 0.3) is 0 Å². The first-order valence-electron chi connectivity index (χ1n) is 7.37. The van der Waals surface area contributed by atoms with E-state index in [4.69, 9.17) is 11.6 Å². The zero-order chi connectivity index (χ0) is 14.7. The predicted octanol–water partition coefficient (Wildman–Crippen LogP) is 3.04. The number of pyridine rings is 1. The molecule has 1 aliphatic heterocycles. The Balaban J connectivity index is 2.01. The monoisotopic (exact) mass is 301 g/mol. The van der Waals surface area contributed by atoms with Gasteiger partial charge in [-0.05, 0) is 36.2 Å². The van der Waals surface area contributed by atoms with Crippen molar-refractivity contribution in [2.24, 2.45) is 0 Å². The molecule has 1 aliphatic rings. The van der Waals surface area contributed by atoms with Gasteiger partial charge in [-0.3, -0.25) is 9.88 Å². The van der Waals surface area contributed by atoms with Crippen LogP contribution in [0.3, 0.4) is 0 Å². The number of hydrogen-bond donors (Lipinski definition) is 1. The van der Waals surface area contributed by atoms with Gasteiger partial charge >= 0.3 is 0 Å². The van der Waals surface area contributed by atoms with E-state index in [1.54, 1.807) is 0 Å². The predicted molar refractivity (Wildman–Crippen MR) is 86.7 cm³/mol. The van der Waals surface area contributed by atoms with Crippen LogP contribution in [-0.2, 0) is 0 Å². The van der Waals surface area contributed by atoms with Crippen molar-refractivity contribution in [1.82, 2.24) is 15.2 Å². The largest absolute Gasteiger partial charge is 0.314 e. The molecule has 0 radical (unpaired) electrons. The number of nitrogens with zero attached hydrogens (tertiary/aromatic N) is 2. The summed E-state index contributed by atoms with van der Waals surface area (Å²) < 4.78 is 0. The highest BCUT2D eigenvalue weighted by atomic mass is 35.5. The average molecular weight is 302 g/mol. The summed E-state index contributed by atoms with van der Waals surface area (Å²) in [7, 11) is 0. The minimum Gasteiger partial charge on any atom is -0.314 e. The smallest absolute Gasteiger partial charge is 0.0780 e. The van der Waals surface area contributed by atoms with Gasteiger partial charge in [-0.15, -0.1) is 0 Å². The van der Waals surface area contributed by atoms with Crippen molar-refractivity contribution >= 4 is 11.6 Å². The molecule has 1 atom stereocenters. The highest BCUT2D eigenvalue weighted by Crippen LogP contribution is 2.30. The minimum atomic E-state index is 0.200. The van der Waals surface area contributed by atoms with E-state index >= 15 is 0 Å². The summed E-state index contributed by atoms with van der Waals surface area (Å²) in [5.41, 5.74) is 3.63. The van der Waals surface area contributed by atoms with E-state index in [0.717, 1.165) is 36.9 Å². The van der Waals surface area contributed by atoms with Gasteiger partial charge in [0.1, 0.15) is 0 Å². The molecule has 1 saturated heterocycles. The van der Waals surface area contributed by atoms with E-state index in [1.807, 2.05) is 24.4 Å². The molecule has 1 aromatic heterocycles. The van der Waals surface area contributed by atoms with Crippen LogP contribution in [0, 0.1) is 6.92 Å². The molecule has 1 fully saturated rings. The Hall–Kier alpha value is -1.42. The molecule has 0 saturated carbocycles. The molecule has 21 heavy (non-hydrogen) atoms. The molecule has 110 valence electrons. The number of halogens is 1. The topological polar surface area (TPSA) is 28.2 Å². The molecule has 2 aromatic rings. The van der Waals surface area contributed by atoms with Gasteiger partial charge in [0, 0.05) is 37.4 Å². The van der Waals surface area contributed by atoms with Gasteiger partial charge in [-0.1, -0.05) is 29.8 Å². The minimum absolute atomic E-state index is 0.200. The highest BCUT2D eigenvalue weighted by Gasteiger charge is 2.25. The summed E-state index contributed by atoms with van der Waals surface area (Å²) in [5, 5.41) is 4.19. The van der Waals surface area contributed by atoms with Crippen molar-refractivity contribution < 1.29 is 0 Å². The molecule has 0 amide bonds. The number of nitrogens with one attached hydrogen (secondary N) is 1. The second-order valence-corrected chi connectivity index (χ2v) is 5.88. The van der Waals surface area contributed by atoms with Crippen LogP contribution < -0.4 is 5.32 Å². The Morgan fingerprint density at radius 1 is 1.14 bits per heavy atom. The number of hydrogen-bond acceptors (Lipinski definition) is 3. The number of aryl methyl sites for hydroxylation is 1. The standard InChI is InChI=1S/C17H20ClN3/c1-13-3-2-8-20-16(13)17(21-11-9-19-10-12-21)14-4-6-15(18)7-5-14/h2-8,17,19H,9-12H2,1H3. The molecule has 3 nitrogen and oxygen atoms in total. The molecule has 1 N–H and O–H groups in total. The molecular formula is C17H20ClN3. The summed E-state index contributed by atoms with van der Waals surface area (Å²) in [6.45, 7) is 6.24. The zero-order valence-corrected chi connectivity index (χ0v) is 13.0. The van der Waals surface area contributed by atoms with Crippen LogP contribution in [-0.4, -0.2) is 36.1 Å². The lowest BCUT2D eigenvalue weighted by atomic mass is 9.97. The first kappa shape index (κ1) is 14.5. The lowest BCUT2D eigenvalue weighted by Gasteiger charge is -2.35. The fraction of sp³-hybridized carbons (Fsp3) is 0.353. The third kappa shape index (κ3) is 3.26. The maximum absolute atomic E-state index is 6.04. The molecule has 1 unspecified atom stereocenters. The Kier molecular flexibility index (Phi) is 4.54. The zero-order valence-electron chi connectivity index (χ0n) is 12.2. The average Bonchev–Trinajstić information content (AvgIpc) is 2.52. The fourth-order valence-electron chi connectivity index (χ4n) is 2.91. The van der Waals surface area contributed by atoms with Crippen LogP contribution in [0.5, 0.6) is 0 Å². The fourth-order valence-corrected chi connectivity index (χ4v) is 3.04. The van der Waals surface area contributed by atoms with Crippen molar-refractivity contribution in [2.45, 2.75) is 13.0 Å². The van der Waals surface area contributed by atoms with Crippen LogP contribution in [0.15, 0.2) is 42.6 Å². The summed E-state index contributed by atoms with van der Waals surface area (Å²) in [6.07, 6.45) is 1.88. The lowest BCUT2D eigenvalue weighted by molar-refractivity contribution is 0.195. The summed E-state index contributed by atoms with van der Waals surface area (Å²) >= 11 is 6.04. The summed E-state index contributed by atoms with van der Waals surface area (Å²) in [6, 6.07) is 12.5. The highest BCUT2D eigenvalue weighted by molar-refractivity contribution is 6.30. The van der Waals surface area contributed by atoms with Crippen molar-refractivity contribution in [3.63, 3.8) is 0 Å².